The molecule has 1 aliphatic carbocycles. The van der Waals surface area contributed by atoms with Crippen molar-refractivity contribution in [2.45, 2.75) is 12.8 Å². The third-order valence-electron chi connectivity index (χ3n) is 3.24. The Morgan fingerprint density at radius 3 is 2.78 bits per heavy atom. The molecular weight excluding hydrogens is 248 g/mol. The molecule has 0 saturated heterocycles. The number of hydrogen-bond acceptors (Lipinski definition) is 2. The molecule has 0 atom stereocenters. The first-order valence-electron chi connectivity index (χ1n) is 6.07. The van der Waals surface area contributed by atoms with Crippen LogP contribution >= 0.6 is 11.6 Å². The Labute approximate surface area is 110 Å². The van der Waals surface area contributed by atoms with Gasteiger partial charge in [0.05, 0.1) is 5.56 Å². The van der Waals surface area contributed by atoms with Crippen LogP contribution in [0.15, 0.2) is 30.5 Å². The largest absolute Gasteiger partial charge is 0.352 e. The molecule has 1 fully saturated rings. The van der Waals surface area contributed by atoms with Crippen LogP contribution in [0.2, 0.25) is 5.15 Å². The number of aromatic nitrogens is 1. The molecule has 0 spiro atoms. The molecule has 3 rings (SSSR count). The van der Waals surface area contributed by atoms with E-state index in [-0.39, 0.29) is 5.91 Å². The Bertz CT molecular complexity index is 608. The molecule has 1 aromatic heterocycles. The van der Waals surface area contributed by atoms with Crippen LogP contribution in [0.1, 0.15) is 23.2 Å². The second-order valence-corrected chi connectivity index (χ2v) is 5.02. The van der Waals surface area contributed by atoms with E-state index in [2.05, 4.69) is 10.3 Å². The Kier molecular flexibility index (Phi) is 2.92. The van der Waals surface area contributed by atoms with Crippen LogP contribution in [-0.2, 0) is 0 Å². The molecule has 1 N–H and O–H groups in total. The number of hydrogen-bond donors (Lipinski definition) is 1. The minimum atomic E-state index is -0.0673. The van der Waals surface area contributed by atoms with Crippen molar-refractivity contribution in [2.24, 2.45) is 5.92 Å². The van der Waals surface area contributed by atoms with E-state index in [0.717, 1.165) is 17.3 Å². The smallest absolute Gasteiger partial charge is 0.253 e. The van der Waals surface area contributed by atoms with E-state index in [4.69, 9.17) is 11.6 Å². The van der Waals surface area contributed by atoms with E-state index in [1.165, 1.54) is 12.8 Å². The van der Waals surface area contributed by atoms with Crippen LogP contribution < -0.4 is 5.32 Å². The molecule has 92 valence electrons. The number of rotatable bonds is 3. The van der Waals surface area contributed by atoms with E-state index in [1.807, 2.05) is 24.3 Å². The SMILES string of the molecule is O=C(NCC1CC1)c1cnc(Cl)c2ccccc12. The molecule has 1 aliphatic rings. The minimum Gasteiger partial charge on any atom is -0.352 e. The Morgan fingerprint density at radius 2 is 2.06 bits per heavy atom. The summed E-state index contributed by atoms with van der Waals surface area (Å²) in [6.07, 6.45) is 3.99. The molecule has 1 heterocycles. The molecular formula is C14H13ClN2O. The molecule has 1 saturated carbocycles. The van der Waals surface area contributed by atoms with Crippen molar-refractivity contribution in [3.05, 3.63) is 41.2 Å². The first-order valence-corrected chi connectivity index (χ1v) is 6.45. The van der Waals surface area contributed by atoms with Gasteiger partial charge in [-0.1, -0.05) is 35.9 Å². The van der Waals surface area contributed by atoms with Gasteiger partial charge in [0, 0.05) is 18.1 Å². The van der Waals surface area contributed by atoms with Gasteiger partial charge in [0.25, 0.3) is 5.91 Å². The predicted octanol–water partition coefficient (Wildman–Crippen LogP) is 3.03. The summed E-state index contributed by atoms with van der Waals surface area (Å²) < 4.78 is 0. The fourth-order valence-electron chi connectivity index (χ4n) is 1.99. The molecule has 0 unspecified atom stereocenters. The minimum absolute atomic E-state index is 0.0673. The third kappa shape index (κ3) is 2.18. The number of halogens is 1. The van der Waals surface area contributed by atoms with Crippen molar-refractivity contribution in [1.82, 2.24) is 10.3 Å². The van der Waals surface area contributed by atoms with Crippen molar-refractivity contribution in [3.63, 3.8) is 0 Å². The van der Waals surface area contributed by atoms with Crippen LogP contribution in [0.4, 0.5) is 0 Å². The van der Waals surface area contributed by atoms with E-state index in [9.17, 15) is 4.79 Å². The Balaban J connectivity index is 1.95. The molecule has 1 amide bonds. The van der Waals surface area contributed by atoms with Crippen molar-refractivity contribution in [3.8, 4) is 0 Å². The highest BCUT2D eigenvalue weighted by atomic mass is 35.5. The van der Waals surface area contributed by atoms with Gasteiger partial charge in [0.15, 0.2) is 0 Å². The van der Waals surface area contributed by atoms with Crippen LogP contribution in [0.25, 0.3) is 10.8 Å². The zero-order valence-electron chi connectivity index (χ0n) is 9.82. The van der Waals surface area contributed by atoms with Gasteiger partial charge in [-0.05, 0) is 24.1 Å². The maximum Gasteiger partial charge on any atom is 0.253 e. The summed E-state index contributed by atoms with van der Waals surface area (Å²) in [5.41, 5.74) is 0.593. The number of nitrogens with one attached hydrogen (secondary N) is 1. The number of pyridine rings is 1. The summed E-state index contributed by atoms with van der Waals surface area (Å²) >= 11 is 6.03. The molecule has 4 heteroatoms. The van der Waals surface area contributed by atoms with Crippen LogP contribution in [0.3, 0.4) is 0 Å². The van der Waals surface area contributed by atoms with E-state index in [0.29, 0.717) is 16.6 Å². The number of carbonyl (C=O) groups is 1. The summed E-state index contributed by atoms with van der Waals surface area (Å²) in [5.74, 6) is 0.600. The average Bonchev–Trinajstić information content (AvgIpc) is 3.21. The third-order valence-corrected chi connectivity index (χ3v) is 3.54. The quantitative estimate of drug-likeness (QED) is 0.862. The lowest BCUT2D eigenvalue weighted by atomic mass is 10.1. The van der Waals surface area contributed by atoms with Crippen molar-refractivity contribution in [1.29, 1.82) is 0 Å². The molecule has 0 bridgehead atoms. The standard InChI is InChI=1S/C14H13ClN2O/c15-13-11-4-2-1-3-10(11)12(8-16-13)14(18)17-7-9-5-6-9/h1-4,8-9H,5-7H2,(H,17,18). The van der Waals surface area contributed by atoms with Gasteiger partial charge in [0.2, 0.25) is 0 Å². The number of carbonyl (C=O) groups excluding carboxylic acids is 1. The van der Waals surface area contributed by atoms with Crippen LogP contribution in [0.5, 0.6) is 0 Å². The van der Waals surface area contributed by atoms with Gasteiger partial charge in [-0.25, -0.2) is 4.98 Å². The fraction of sp³-hybridized carbons (Fsp3) is 0.286. The highest BCUT2D eigenvalue weighted by Crippen LogP contribution is 2.28. The van der Waals surface area contributed by atoms with Gasteiger partial charge in [-0.2, -0.15) is 0 Å². The Morgan fingerprint density at radius 1 is 1.33 bits per heavy atom. The molecule has 2 aromatic rings. The van der Waals surface area contributed by atoms with Crippen molar-refractivity contribution >= 4 is 28.3 Å². The van der Waals surface area contributed by atoms with Crippen molar-refractivity contribution < 1.29 is 4.79 Å². The van der Waals surface area contributed by atoms with Gasteiger partial charge in [-0.15, -0.1) is 0 Å². The zero-order chi connectivity index (χ0) is 12.5. The van der Waals surface area contributed by atoms with Crippen LogP contribution in [0, 0.1) is 5.92 Å². The highest BCUT2D eigenvalue weighted by Gasteiger charge is 2.22. The lowest BCUT2D eigenvalue weighted by Gasteiger charge is -2.08. The topological polar surface area (TPSA) is 42.0 Å². The lowest BCUT2D eigenvalue weighted by molar-refractivity contribution is 0.0953. The second-order valence-electron chi connectivity index (χ2n) is 4.66. The zero-order valence-corrected chi connectivity index (χ0v) is 10.6. The van der Waals surface area contributed by atoms with Gasteiger partial charge in [-0.3, -0.25) is 4.79 Å². The fourth-order valence-corrected chi connectivity index (χ4v) is 2.21. The van der Waals surface area contributed by atoms with Gasteiger partial charge >= 0.3 is 0 Å². The molecule has 18 heavy (non-hydrogen) atoms. The summed E-state index contributed by atoms with van der Waals surface area (Å²) in [6, 6.07) is 7.56. The summed E-state index contributed by atoms with van der Waals surface area (Å²) in [4.78, 5) is 16.2. The van der Waals surface area contributed by atoms with E-state index in [1.54, 1.807) is 6.20 Å². The first kappa shape index (κ1) is 11.5. The normalized spacial score (nSPS) is 14.7. The maximum atomic E-state index is 12.1. The number of nitrogens with zero attached hydrogens (tertiary/aromatic N) is 1. The monoisotopic (exact) mass is 260 g/mol. The van der Waals surface area contributed by atoms with Crippen molar-refractivity contribution in [2.75, 3.05) is 6.54 Å². The van der Waals surface area contributed by atoms with Gasteiger partial charge < -0.3 is 5.32 Å². The summed E-state index contributed by atoms with van der Waals surface area (Å²) in [6.45, 7) is 0.760. The maximum absolute atomic E-state index is 12.1. The van der Waals surface area contributed by atoms with E-state index >= 15 is 0 Å². The molecule has 0 radical (unpaired) electrons. The molecule has 1 aromatic carbocycles. The number of fused-ring (bicyclic) bond motifs is 1. The predicted molar refractivity (Wildman–Crippen MR) is 71.8 cm³/mol. The molecule has 3 nitrogen and oxygen atoms in total. The van der Waals surface area contributed by atoms with Crippen LogP contribution in [-0.4, -0.2) is 17.4 Å². The van der Waals surface area contributed by atoms with Gasteiger partial charge in [0.1, 0.15) is 5.15 Å². The first-order chi connectivity index (χ1) is 8.75. The lowest BCUT2D eigenvalue weighted by Crippen LogP contribution is -2.25. The molecule has 0 aliphatic heterocycles. The average molecular weight is 261 g/mol. The summed E-state index contributed by atoms with van der Waals surface area (Å²) in [5, 5.41) is 5.06. The number of amides is 1. The van der Waals surface area contributed by atoms with E-state index < -0.39 is 0 Å². The highest BCUT2D eigenvalue weighted by molar-refractivity contribution is 6.34. The number of benzene rings is 1. The second kappa shape index (κ2) is 4.58. The summed E-state index contributed by atoms with van der Waals surface area (Å²) in [7, 11) is 0. The Hall–Kier alpha value is -1.61.